The minimum Gasteiger partial charge on any atom is -0.472 e. The van der Waals surface area contributed by atoms with E-state index in [1.54, 1.807) is 35.5 Å². The van der Waals surface area contributed by atoms with Crippen LogP contribution in [0.25, 0.3) is 5.69 Å². The van der Waals surface area contributed by atoms with Crippen molar-refractivity contribution in [3.05, 3.63) is 66.1 Å². The highest BCUT2D eigenvalue weighted by Gasteiger charge is 2.33. The predicted octanol–water partition coefficient (Wildman–Crippen LogP) is 2.86. The topological polar surface area (TPSA) is 93.4 Å². The van der Waals surface area contributed by atoms with Crippen molar-refractivity contribution in [3.8, 4) is 11.6 Å². The Labute approximate surface area is 189 Å². The quantitative estimate of drug-likeness (QED) is 0.587. The number of aromatic nitrogens is 4. The van der Waals surface area contributed by atoms with Crippen LogP contribution in [-0.4, -0.2) is 67.9 Å². The molecule has 3 aromatic rings. The molecule has 0 unspecified atom stereocenters. The lowest BCUT2D eigenvalue weighted by molar-refractivity contribution is -0.0116. The first kappa shape index (κ1) is 22.8. The zero-order valence-electron chi connectivity index (χ0n) is 18.1. The van der Waals surface area contributed by atoms with Crippen LogP contribution in [-0.2, 0) is 5.60 Å². The number of ether oxygens (including phenoxy) is 1. The second-order valence-corrected chi connectivity index (χ2v) is 8.14. The molecule has 0 radical (unpaired) electrons. The lowest BCUT2D eigenvalue weighted by Gasteiger charge is -2.38. The maximum atomic E-state index is 13.5. The highest BCUT2D eigenvalue weighted by molar-refractivity contribution is 5.98. The minimum atomic E-state index is -2.23. The summed E-state index contributed by atoms with van der Waals surface area (Å²) in [6.07, 6.45) is 5.44. The molecule has 1 aliphatic heterocycles. The number of pyridine rings is 1. The average molecular weight is 457 g/mol. The molecule has 0 saturated carbocycles. The molecule has 2 aromatic heterocycles. The number of benzene rings is 1. The second-order valence-electron chi connectivity index (χ2n) is 8.14. The Hall–Kier alpha value is -3.40. The summed E-state index contributed by atoms with van der Waals surface area (Å²) in [7, 11) is 0. The van der Waals surface area contributed by atoms with Crippen LogP contribution in [0.15, 0.2) is 55.0 Å². The monoisotopic (exact) mass is 457 g/mol. The van der Waals surface area contributed by atoms with Crippen molar-refractivity contribution in [3.63, 3.8) is 0 Å². The lowest BCUT2D eigenvalue weighted by Crippen LogP contribution is -2.49. The number of carbonyl (C=O) groups excluding carboxylic acids is 1. The summed E-state index contributed by atoms with van der Waals surface area (Å²) in [5.41, 5.74) is -1.13. The Morgan fingerprint density at radius 3 is 2.61 bits per heavy atom. The third kappa shape index (κ3) is 4.70. The molecule has 1 aromatic carbocycles. The highest BCUT2D eigenvalue weighted by Crippen LogP contribution is 2.28. The standard InChI is InChI=1S/C23H25F2N5O3/c1-16-6-7-18(33-21-12-17(8-9-26-21)23(32,14-24)15-25)13-29(16)22(31)19-4-2-3-5-20(19)30-27-10-11-28-30/h2-5,8-12,16,18,32H,6-7,13-15H2,1H3/t16-,18-/m1/s1. The lowest BCUT2D eigenvalue weighted by atomic mass is 9.97. The largest absolute Gasteiger partial charge is 0.472 e. The Morgan fingerprint density at radius 1 is 1.15 bits per heavy atom. The SMILES string of the molecule is C[C@@H]1CC[C@@H](Oc2cc(C(O)(CF)CF)ccn2)CN1C(=O)c1ccccc1-n1nccn1. The number of likely N-dealkylation sites (tertiary alicyclic amines) is 1. The molecular weight excluding hydrogens is 432 g/mol. The summed E-state index contributed by atoms with van der Waals surface area (Å²) in [4.78, 5) is 20.7. The molecule has 33 heavy (non-hydrogen) atoms. The summed E-state index contributed by atoms with van der Waals surface area (Å²) in [6.45, 7) is -0.241. The van der Waals surface area contributed by atoms with Crippen molar-refractivity contribution < 1.29 is 23.4 Å². The third-order valence-electron chi connectivity index (χ3n) is 5.87. The Bertz CT molecular complexity index is 1090. The fourth-order valence-corrected chi connectivity index (χ4v) is 3.90. The van der Waals surface area contributed by atoms with Crippen molar-refractivity contribution in [2.45, 2.75) is 37.5 Å². The number of piperidine rings is 1. The zero-order valence-corrected chi connectivity index (χ0v) is 18.1. The van der Waals surface area contributed by atoms with E-state index in [-0.39, 0.29) is 29.5 Å². The van der Waals surface area contributed by atoms with Gasteiger partial charge in [-0.25, -0.2) is 13.8 Å². The van der Waals surface area contributed by atoms with Gasteiger partial charge < -0.3 is 14.7 Å². The van der Waals surface area contributed by atoms with Gasteiger partial charge in [-0.1, -0.05) is 12.1 Å². The number of hydrogen-bond donors (Lipinski definition) is 1. The van der Waals surface area contributed by atoms with Gasteiger partial charge in [0.15, 0.2) is 0 Å². The molecule has 8 nitrogen and oxygen atoms in total. The summed E-state index contributed by atoms with van der Waals surface area (Å²) in [6, 6.07) is 9.79. The summed E-state index contributed by atoms with van der Waals surface area (Å²) in [5, 5.41) is 18.4. The van der Waals surface area contributed by atoms with E-state index < -0.39 is 19.0 Å². The van der Waals surface area contributed by atoms with Crippen molar-refractivity contribution in [1.29, 1.82) is 0 Å². The van der Waals surface area contributed by atoms with Gasteiger partial charge in [-0.15, -0.1) is 0 Å². The summed E-state index contributed by atoms with van der Waals surface area (Å²) in [5.74, 6) is -0.0319. The van der Waals surface area contributed by atoms with Gasteiger partial charge in [-0.05, 0) is 43.5 Å². The molecule has 1 fully saturated rings. The van der Waals surface area contributed by atoms with Gasteiger partial charge in [0.2, 0.25) is 5.88 Å². The number of halogens is 2. The molecule has 10 heteroatoms. The smallest absolute Gasteiger partial charge is 0.256 e. The Morgan fingerprint density at radius 2 is 1.88 bits per heavy atom. The van der Waals surface area contributed by atoms with Crippen LogP contribution in [0, 0.1) is 0 Å². The van der Waals surface area contributed by atoms with E-state index in [4.69, 9.17) is 4.74 Å². The molecule has 0 spiro atoms. The first-order valence-corrected chi connectivity index (χ1v) is 10.7. The highest BCUT2D eigenvalue weighted by atomic mass is 19.1. The van der Waals surface area contributed by atoms with Gasteiger partial charge in [0.1, 0.15) is 25.1 Å². The maximum absolute atomic E-state index is 13.5. The van der Waals surface area contributed by atoms with E-state index in [1.165, 1.54) is 23.1 Å². The maximum Gasteiger partial charge on any atom is 0.256 e. The Balaban J connectivity index is 1.53. The van der Waals surface area contributed by atoms with Crippen LogP contribution in [0.1, 0.15) is 35.7 Å². The van der Waals surface area contributed by atoms with Gasteiger partial charge >= 0.3 is 0 Å². The van der Waals surface area contributed by atoms with Crippen LogP contribution >= 0.6 is 0 Å². The van der Waals surface area contributed by atoms with E-state index in [0.29, 0.717) is 30.6 Å². The fraction of sp³-hybridized carbons (Fsp3) is 0.391. The second kappa shape index (κ2) is 9.62. The number of hydrogen-bond acceptors (Lipinski definition) is 6. The first-order chi connectivity index (χ1) is 15.9. The Kier molecular flexibility index (Phi) is 6.64. The number of nitrogens with zero attached hydrogens (tertiary/aromatic N) is 5. The van der Waals surface area contributed by atoms with Crippen LogP contribution in [0.3, 0.4) is 0 Å². The number of carbonyl (C=O) groups is 1. The predicted molar refractivity (Wildman–Crippen MR) is 116 cm³/mol. The van der Waals surface area contributed by atoms with Gasteiger partial charge in [0, 0.05) is 18.3 Å². The van der Waals surface area contributed by atoms with Crippen molar-refractivity contribution >= 4 is 5.91 Å². The normalized spacial score (nSPS) is 18.8. The van der Waals surface area contributed by atoms with Crippen LogP contribution < -0.4 is 4.74 Å². The number of aliphatic hydroxyl groups is 1. The summed E-state index contributed by atoms with van der Waals surface area (Å²) >= 11 is 0. The number of para-hydroxylation sites is 1. The average Bonchev–Trinajstić information content (AvgIpc) is 3.39. The molecule has 3 heterocycles. The number of rotatable bonds is 7. The van der Waals surface area contributed by atoms with Crippen molar-refractivity contribution in [2.75, 3.05) is 19.9 Å². The molecule has 4 rings (SSSR count). The summed E-state index contributed by atoms with van der Waals surface area (Å²) < 4.78 is 32.3. The first-order valence-electron chi connectivity index (χ1n) is 10.7. The number of amides is 1. The van der Waals surface area contributed by atoms with Gasteiger partial charge in [0.05, 0.1) is 30.2 Å². The van der Waals surface area contributed by atoms with Crippen LogP contribution in [0.5, 0.6) is 5.88 Å². The molecule has 2 atom stereocenters. The van der Waals surface area contributed by atoms with E-state index in [0.717, 1.165) is 0 Å². The van der Waals surface area contributed by atoms with Crippen LogP contribution in [0.2, 0.25) is 0 Å². The molecule has 174 valence electrons. The molecule has 0 aliphatic carbocycles. The molecule has 1 saturated heterocycles. The van der Waals surface area contributed by atoms with Gasteiger partial charge in [0.25, 0.3) is 5.91 Å². The van der Waals surface area contributed by atoms with Crippen molar-refractivity contribution in [1.82, 2.24) is 24.9 Å². The van der Waals surface area contributed by atoms with Gasteiger partial charge in [-0.2, -0.15) is 15.0 Å². The molecule has 1 amide bonds. The third-order valence-corrected chi connectivity index (χ3v) is 5.87. The van der Waals surface area contributed by atoms with E-state index >= 15 is 0 Å². The van der Waals surface area contributed by atoms with E-state index in [1.807, 2.05) is 13.0 Å². The zero-order chi connectivity index (χ0) is 23.4. The van der Waals surface area contributed by atoms with Crippen molar-refractivity contribution in [2.24, 2.45) is 0 Å². The van der Waals surface area contributed by atoms with E-state index in [2.05, 4.69) is 15.2 Å². The molecule has 0 bridgehead atoms. The van der Waals surface area contributed by atoms with Crippen LogP contribution in [0.4, 0.5) is 8.78 Å². The molecular formula is C23H25F2N5O3. The molecule has 1 N–H and O–H groups in total. The molecule has 1 aliphatic rings. The van der Waals surface area contributed by atoms with Gasteiger partial charge in [-0.3, -0.25) is 4.79 Å². The fourth-order valence-electron chi connectivity index (χ4n) is 3.90. The van der Waals surface area contributed by atoms with E-state index in [9.17, 15) is 18.7 Å². The number of alkyl halides is 2. The minimum absolute atomic E-state index is 0.0153.